The maximum Gasteiger partial charge on any atom is 0.426 e. The number of carbonyl (C=O) groups excluding carboxylic acids is 1. The van der Waals surface area contributed by atoms with Gasteiger partial charge in [0.1, 0.15) is 5.82 Å². The van der Waals surface area contributed by atoms with Gasteiger partial charge >= 0.3 is 5.76 Å². The minimum atomic E-state index is -0.781. The molecule has 106 valence electrons. The summed E-state index contributed by atoms with van der Waals surface area (Å²) < 4.78 is 19.0. The number of fused-ring (bicyclic) bond motifs is 1. The van der Waals surface area contributed by atoms with Gasteiger partial charge in [0, 0.05) is 11.8 Å². The summed E-state index contributed by atoms with van der Waals surface area (Å²) in [6.45, 7) is 0. The third-order valence-electron chi connectivity index (χ3n) is 3.10. The van der Waals surface area contributed by atoms with Crippen molar-refractivity contribution in [3.05, 3.63) is 64.4 Å². The summed E-state index contributed by atoms with van der Waals surface area (Å²) in [5.41, 5.74) is 7.10. The van der Waals surface area contributed by atoms with Crippen LogP contribution in [0.3, 0.4) is 0 Å². The monoisotopic (exact) mass is 286 g/mol. The standard InChI is InChI=1S/C15H11FN2O3/c16-10-3-1-2-9(6-10)7-14(19)18-12-5-4-11(17)8-13(12)21-15(18)20/h1-6,8H,7,17H2. The van der Waals surface area contributed by atoms with E-state index in [1.165, 1.54) is 24.3 Å². The third-order valence-corrected chi connectivity index (χ3v) is 3.10. The Kier molecular flexibility index (Phi) is 3.06. The Labute approximate surface area is 118 Å². The fourth-order valence-corrected chi connectivity index (χ4v) is 2.17. The zero-order chi connectivity index (χ0) is 15.0. The van der Waals surface area contributed by atoms with Crippen molar-refractivity contribution in [1.82, 2.24) is 4.57 Å². The Morgan fingerprint density at radius 1 is 1.24 bits per heavy atom. The van der Waals surface area contributed by atoms with Crippen molar-refractivity contribution in [2.24, 2.45) is 0 Å². The molecule has 0 radical (unpaired) electrons. The van der Waals surface area contributed by atoms with Crippen LogP contribution < -0.4 is 11.5 Å². The van der Waals surface area contributed by atoms with Gasteiger partial charge in [-0.05, 0) is 29.8 Å². The molecule has 0 saturated carbocycles. The number of benzene rings is 2. The van der Waals surface area contributed by atoms with Gasteiger partial charge in [-0.25, -0.2) is 13.8 Å². The number of aromatic nitrogens is 1. The smallest absolute Gasteiger partial charge is 0.407 e. The molecule has 6 heteroatoms. The quantitative estimate of drug-likeness (QED) is 0.732. The Morgan fingerprint density at radius 3 is 2.81 bits per heavy atom. The fraction of sp³-hybridized carbons (Fsp3) is 0.0667. The van der Waals surface area contributed by atoms with Crippen LogP contribution in [0.1, 0.15) is 10.4 Å². The molecule has 1 aromatic heterocycles. The third kappa shape index (κ3) is 2.43. The van der Waals surface area contributed by atoms with Gasteiger partial charge in [0.15, 0.2) is 5.58 Å². The topological polar surface area (TPSA) is 78.2 Å². The van der Waals surface area contributed by atoms with Gasteiger partial charge < -0.3 is 10.2 Å². The molecular formula is C15H11FN2O3. The number of rotatable bonds is 2. The van der Waals surface area contributed by atoms with Crippen LogP contribution in [0.15, 0.2) is 51.7 Å². The predicted octanol–water partition coefficient (Wildman–Crippen LogP) is 2.20. The number of nitrogens with zero attached hydrogens (tertiary/aromatic N) is 1. The van der Waals surface area contributed by atoms with Crippen molar-refractivity contribution >= 4 is 22.7 Å². The maximum atomic E-state index is 13.1. The Morgan fingerprint density at radius 2 is 2.05 bits per heavy atom. The number of anilines is 1. The van der Waals surface area contributed by atoms with E-state index in [9.17, 15) is 14.0 Å². The Hall–Kier alpha value is -2.89. The van der Waals surface area contributed by atoms with E-state index in [4.69, 9.17) is 10.2 Å². The molecule has 0 spiro atoms. The second-order valence-electron chi connectivity index (χ2n) is 4.63. The van der Waals surface area contributed by atoms with Gasteiger partial charge in [-0.15, -0.1) is 0 Å². The predicted molar refractivity (Wildman–Crippen MR) is 75.6 cm³/mol. The first-order chi connectivity index (χ1) is 10.0. The van der Waals surface area contributed by atoms with E-state index in [2.05, 4.69) is 0 Å². The molecule has 0 fully saturated rings. The summed E-state index contributed by atoms with van der Waals surface area (Å²) in [5.74, 6) is -1.71. The molecule has 0 aliphatic rings. The Bertz CT molecular complexity index is 895. The van der Waals surface area contributed by atoms with Crippen LogP contribution in [0.5, 0.6) is 0 Å². The summed E-state index contributed by atoms with van der Waals surface area (Å²) in [6.07, 6.45) is -0.101. The largest absolute Gasteiger partial charge is 0.426 e. The number of halogens is 1. The molecule has 0 unspecified atom stereocenters. The SMILES string of the molecule is Nc1ccc2c(c1)oc(=O)n2C(=O)Cc1cccc(F)c1. The van der Waals surface area contributed by atoms with E-state index in [0.29, 0.717) is 16.8 Å². The number of nitrogens with two attached hydrogens (primary N) is 1. The van der Waals surface area contributed by atoms with Crippen molar-refractivity contribution in [2.45, 2.75) is 6.42 Å². The molecule has 0 aliphatic carbocycles. The van der Waals surface area contributed by atoms with E-state index in [1.54, 1.807) is 18.2 Å². The first-order valence-electron chi connectivity index (χ1n) is 6.23. The molecule has 0 bridgehead atoms. The highest BCUT2D eigenvalue weighted by molar-refractivity contribution is 5.91. The lowest BCUT2D eigenvalue weighted by atomic mass is 10.1. The summed E-state index contributed by atoms with van der Waals surface area (Å²) in [6, 6.07) is 10.3. The maximum absolute atomic E-state index is 13.1. The molecular weight excluding hydrogens is 275 g/mol. The van der Waals surface area contributed by atoms with Crippen molar-refractivity contribution in [3.8, 4) is 0 Å². The minimum absolute atomic E-state index is 0.101. The summed E-state index contributed by atoms with van der Waals surface area (Å²) in [7, 11) is 0. The normalized spacial score (nSPS) is 10.9. The van der Waals surface area contributed by atoms with Crippen LogP contribution in [0.4, 0.5) is 10.1 Å². The van der Waals surface area contributed by atoms with E-state index < -0.39 is 17.5 Å². The molecule has 0 atom stereocenters. The van der Waals surface area contributed by atoms with Gasteiger partial charge in [-0.2, -0.15) is 0 Å². The summed E-state index contributed by atoms with van der Waals surface area (Å²) in [5, 5.41) is 0. The van der Waals surface area contributed by atoms with E-state index in [1.807, 2.05) is 0 Å². The molecule has 0 saturated heterocycles. The molecule has 1 heterocycles. The lowest BCUT2D eigenvalue weighted by Crippen LogP contribution is -2.24. The van der Waals surface area contributed by atoms with Crippen LogP contribution in [0.25, 0.3) is 11.1 Å². The van der Waals surface area contributed by atoms with Crippen LogP contribution >= 0.6 is 0 Å². The van der Waals surface area contributed by atoms with Crippen LogP contribution in [0.2, 0.25) is 0 Å². The summed E-state index contributed by atoms with van der Waals surface area (Å²) >= 11 is 0. The molecule has 2 aromatic carbocycles. The van der Waals surface area contributed by atoms with Gasteiger partial charge in [0.05, 0.1) is 11.9 Å². The fourth-order valence-electron chi connectivity index (χ4n) is 2.17. The zero-order valence-corrected chi connectivity index (χ0v) is 10.9. The lowest BCUT2D eigenvalue weighted by molar-refractivity contribution is 0.0910. The second-order valence-corrected chi connectivity index (χ2v) is 4.63. The average molecular weight is 286 g/mol. The van der Waals surface area contributed by atoms with Crippen molar-refractivity contribution in [3.63, 3.8) is 0 Å². The Balaban J connectivity index is 2.02. The molecule has 0 aliphatic heterocycles. The van der Waals surface area contributed by atoms with Crippen LogP contribution in [-0.2, 0) is 6.42 Å². The average Bonchev–Trinajstić information content (AvgIpc) is 2.73. The van der Waals surface area contributed by atoms with Crippen molar-refractivity contribution < 1.29 is 13.6 Å². The number of hydrogen-bond acceptors (Lipinski definition) is 4. The first kappa shape index (κ1) is 13.1. The number of oxazole rings is 1. The van der Waals surface area contributed by atoms with Crippen LogP contribution in [0, 0.1) is 5.82 Å². The first-order valence-corrected chi connectivity index (χ1v) is 6.23. The molecule has 2 N–H and O–H groups in total. The number of hydrogen-bond donors (Lipinski definition) is 1. The highest BCUT2D eigenvalue weighted by Gasteiger charge is 2.16. The molecule has 0 amide bonds. The van der Waals surface area contributed by atoms with Crippen molar-refractivity contribution in [1.29, 1.82) is 0 Å². The van der Waals surface area contributed by atoms with Crippen LogP contribution in [-0.4, -0.2) is 10.5 Å². The zero-order valence-electron chi connectivity index (χ0n) is 10.9. The highest BCUT2D eigenvalue weighted by Crippen LogP contribution is 2.17. The highest BCUT2D eigenvalue weighted by atomic mass is 19.1. The van der Waals surface area contributed by atoms with Gasteiger partial charge in [0.2, 0.25) is 5.91 Å². The second kappa shape index (κ2) is 4.90. The van der Waals surface area contributed by atoms with Gasteiger partial charge in [-0.3, -0.25) is 4.79 Å². The van der Waals surface area contributed by atoms with E-state index >= 15 is 0 Å². The van der Waals surface area contributed by atoms with Gasteiger partial charge in [-0.1, -0.05) is 12.1 Å². The molecule has 3 aromatic rings. The number of carbonyl (C=O) groups is 1. The summed E-state index contributed by atoms with van der Waals surface area (Å²) in [4.78, 5) is 24.1. The van der Waals surface area contributed by atoms with Crippen molar-refractivity contribution in [2.75, 3.05) is 5.73 Å². The van der Waals surface area contributed by atoms with E-state index in [0.717, 1.165) is 4.57 Å². The van der Waals surface area contributed by atoms with E-state index in [-0.39, 0.29) is 12.0 Å². The molecule has 3 rings (SSSR count). The van der Waals surface area contributed by atoms with Gasteiger partial charge in [0.25, 0.3) is 0 Å². The molecule has 21 heavy (non-hydrogen) atoms. The number of nitrogen functional groups attached to an aromatic ring is 1. The molecule has 5 nitrogen and oxygen atoms in total. The lowest BCUT2D eigenvalue weighted by Gasteiger charge is -2.02. The minimum Gasteiger partial charge on any atom is -0.407 e.